The van der Waals surface area contributed by atoms with Crippen molar-refractivity contribution >= 4 is 17.4 Å². The lowest BCUT2D eigenvalue weighted by Crippen LogP contribution is -2.33. The molecule has 0 spiro atoms. The molecular formula is C33H37NO6. The SMILES string of the molecule is Cc1cc(/C(O)=C2\C(=O)C(=O)N(CCOC(C)C)C2c2cccc(Oc3ccccc3)c2)ccc1OCC(C)C. The Bertz CT molecular complexity index is 1380. The molecule has 0 aromatic heterocycles. The van der Waals surface area contributed by atoms with E-state index in [9.17, 15) is 14.7 Å². The summed E-state index contributed by atoms with van der Waals surface area (Å²) in [5, 5.41) is 11.5. The van der Waals surface area contributed by atoms with Crippen LogP contribution in [0.25, 0.3) is 5.76 Å². The van der Waals surface area contributed by atoms with Crippen molar-refractivity contribution in [3.05, 3.63) is 95.1 Å². The highest BCUT2D eigenvalue weighted by atomic mass is 16.5. The van der Waals surface area contributed by atoms with Gasteiger partial charge in [-0.2, -0.15) is 0 Å². The fraction of sp³-hybridized carbons (Fsp3) is 0.333. The molecule has 3 aromatic rings. The zero-order valence-corrected chi connectivity index (χ0v) is 23.7. The quantitative estimate of drug-likeness (QED) is 0.165. The van der Waals surface area contributed by atoms with Gasteiger partial charge in [-0.3, -0.25) is 9.59 Å². The number of hydrogen-bond donors (Lipinski definition) is 1. The predicted octanol–water partition coefficient (Wildman–Crippen LogP) is 6.67. The summed E-state index contributed by atoms with van der Waals surface area (Å²) in [5.41, 5.74) is 1.93. The van der Waals surface area contributed by atoms with E-state index in [1.807, 2.05) is 69.3 Å². The maximum absolute atomic E-state index is 13.4. The minimum atomic E-state index is -0.813. The lowest BCUT2D eigenvalue weighted by atomic mass is 9.94. The Morgan fingerprint density at radius 2 is 1.65 bits per heavy atom. The van der Waals surface area contributed by atoms with Crippen LogP contribution in [-0.2, 0) is 14.3 Å². The van der Waals surface area contributed by atoms with E-state index in [1.165, 1.54) is 4.90 Å². The van der Waals surface area contributed by atoms with Crippen molar-refractivity contribution in [3.8, 4) is 17.2 Å². The Kier molecular flexibility index (Phi) is 9.27. The number of ether oxygens (including phenoxy) is 3. The number of aliphatic hydroxyl groups is 1. The number of hydrogen-bond acceptors (Lipinski definition) is 6. The van der Waals surface area contributed by atoms with Crippen LogP contribution in [0.15, 0.2) is 78.4 Å². The molecule has 7 nitrogen and oxygen atoms in total. The maximum atomic E-state index is 13.4. The van der Waals surface area contributed by atoms with Crippen molar-refractivity contribution < 1.29 is 28.9 Å². The second-order valence-electron chi connectivity index (χ2n) is 10.6. The second kappa shape index (κ2) is 12.8. The summed E-state index contributed by atoms with van der Waals surface area (Å²) in [7, 11) is 0. The summed E-state index contributed by atoms with van der Waals surface area (Å²) in [6, 6.07) is 21.0. The highest BCUT2D eigenvalue weighted by Crippen LogP contribution is 2.41. The van der Waals surface area contributed by atoms with Gasteiger partial charge in [0.15, 0.2) is 0 Å². The molecule has 1 aliphatic rings. The Morgan fingerprint density at radius 1 is 0.925 bits per heavy atom. The van der Waals surface area contributed by atoms with Crippen molar-refractivity contribution in [2.24, 2.45) is 5.92 Å². The van der Waals surface area contributed by atoms with Gasteiger partial charge < -0.3 is 24.2 Å². The number of aliphatic hydroxyl groups excluding tert-OH is 1. The summed E-state index contributed by atoms with van der Waals surface area (Å²) in [4.78, 5) is 28.2. The molecule has 210 valence electrons. The van der Waals surface area contributed by atoms with E-state index in [2.05, 4.69) is 13.8 Å². The van der Waals surface area contributed by atoms with Crippen molar-refractivity contribution in [3.63, 3.8) is 0 Å². The van der Waals surface area contributed by atoms with E-state index in [4.69, 9.17) is 14.2 Å². The number of para-hydroxylation sites is 1. The van der Waals surface area contributed by atoms with E-state index < -0.39 is 17.7 Å². The monoisotopic (exact) mass is 543 g/mol. The smallest absolute Gasteiger partial charge is 0.295 e. The molecular weight excluding hydrogens is 506 g/mol. The van der Waals surface area contributed by atoms with E-state index in [0.717, 1.165) is 5.56 Å². The summed E-state index contributed by atoms with van der Waals surface area (Å²) in [5.74, 6) is 0.637. The number of Topliss-reactive ketones (excluding diaryl/α,β-unsaturated/α-hetero) is 1. The number of aryl methyl sites for hydroxylation is 1. The molecule has 1 amide bonds. The van der Waals surface area contributed by atoms with E-state index in [0.29, 0.717) is 40.9 Å². The summed E-state index contributed by atoms with van der Waals surface area (Å²) in [6.07, 6.45) is -0.0303. The van der Waals surface area contributed by atoms with Gasteiger partial charge in [0.25, 0.3) is 11.7 Å². The zero-order chi connectivity index (χ0) is 28.8. The van der Waals surface area contributed by atoms with Crippen LogP contribution < -0.4 is 9.47 Å². The molecule has 3 aromatic carbocycles. The largest absolute Gasteiger partial charge is 0.507 e. The van der Waals surface area contributed by atoms with Gasteiger partial charge in [-0.25, -0.2) is 0 Å². The maximum Gasteiger partial charge on any atom is 0.295 e. The molecule has 1 saturated heterocycles. The van der Waals surface area contributed by atoms with Crippen molar-refractivity contribution in [1.29, 1.82) is 0 Å². The van der Waals surface area contributed by atoms with Gasteiger partial charge in [-0.15, -0.1) is 0 Å². The van der Waals surface area contributed by atoms with Gasteiger partial charge in [-0.05, 0) is 80.3 Å². The Hall–Kier alpha value is -4.10. The third kappa shape index (κ3) is 6.72. The minimum absolute atomic E-state index is 0.0293. The van der Waals surface area contributed by atoms with E-state index in [-0.39, 0.29) is 30.6 Å². The number of carbonyl (C=O) groups is 2. The number of ketones is 1. The molecule has 1 unspecified atom stereocenters. The molecule has 40 heavy (non-hydrogen) atoms. The Morgan fingerprint density at radius 3 is 2.33 bits per heavy atom. The van der Waals surface area contributed by atoms with Crippen LogP contribution in [0.5, 0.6) is 17.2 Å². The molecule has 1 aliphatic heterocycles. The first kappa shape index (κ1) is 28.9. The number of likely N-dealkylation sites (tertiary alicyclic amines) is 1. The minimum Gasteiger partial charge on any atom is -0.507 e. The standard InChI is InChI=1S/C33H37NO6/c1-21(2)20-39-28-15-14-25(18-23(28)5)31(35)29-30(34(33(37)32(29)36)16-17-38-22(3)4)24-10-9-13-27(19-24)40-26-11-7-6-8-12-26/h6-15,18-19,21-22,30,35H,16-17,20H2,1-5H3/b31-29+. The lowest BCUT2D eigenvalue weighted by molar-refractivity contribution is -0.140. The van der Waals surface area contributed by atoms with Crippen molar-refractivity contribution in [2.75, 3.05) is 19.8 Å². The molecule has 1 heterocycles. The number of nitrogens with zero attached hydrogens (tertiary/aromatic N) is 1. The van der Waals surface area contributed by atoms with Crippen LogP contribution in [0.2, 0.25) is 0 Å². The summed E-state index contributed by atoms with van der Waals surface area (Å²) < 4.78 is 17.6. The summed E-state index contributed by atoms with van der Waals surface area (Å²) >= 11 is 0. The van der Waals surface area contributed by atoms with Gasteiger partial charge in [0.05, 0.1) is 30.9 Å². The lowest BCUT2D eigenvalue weighted by Gasteiger charge is -2.26. The summed E-state index contributed by atoms with van der Waals surface area (Å²) in [6.45, 7) is 10.9. The first-order chi connectivity index (χ1) is 19.2. The van der Waals surface area contributed by atoms with Crippen LogP contribution in [0, 0.1) is 12.8 Å². The molecule has 0 bridgehead atoms. The van der Waals surface area contributed by atoms with Crippen LogP contribution in [0.1, 0.15) is 50.4 Å². The van der Waals surface area contributed by atoms with Crippen LogP contribution in [0.4, 0.5) is 0 Å². The number of amides is 1. The normalized spacial score (nSPS) is 16.7. The van der Waals surface area contributed by atoms with Crippen LogP contribution >= 0.6 is 0 Å². The average Bonchev–Trinajstić information content (AvgIpc) is 3.17. The van der Waals surface area contributed by atoms with E-state index >= 15 is 0 Å². The van der Waals surface area contributed by atoms with Crippen LogP contribution in [-0.4, -0.2) is 47.6 Å². The van der Waals surface area contributed by atoms with Gasteiger partial charge >= 0.3 is 0 Å². The Balaban J connectivity index is 1.75. The fourth-order valence-electron chi connectivity index (χ4n) is 4.59. The first-order valence-corrected chi connectivity index (χ1v) is 13.6. The topological polar surface area (TPSA) is 85.3 Å². The molecule has 0 radical (unpaired) electrons. The van der Waals surface area contributed by atoms with Crippen molar-refractivity contribution in [2.45, 2.75) is 46.8 Å². The molecule has 7 heteroatoms. The fourth-order valence-corrected chi connectivity index (χ4v) is 4.59. The first-order valence-electron chi connectivity index (χ1n) is 13.6. The second-order valence-corrected chi connectivity index (χ2v) is 10.6. The van der Waals surface area contributed by atoms with Gasteiger partial charge in [0.2, 0.25) is 0 Å². The van der Waals surface area contributed by atoms with Gasteiger partial charge in [0.1, 0.15) is 23.0 Å². The van der Waals surface area contributed by atoms with E-state index in [1.54, 1.807) is 24.3 Å². The molecule has 0 saturated carbocycles. The predicted molar refractivity (Wildman–Crippen MR) is 155 cm³/mol. The molecule has 4 rings (SSSR count). The van der Waals surface area contributed by atoms with Gasteiger partial charge in [0, 0.05) is 12.1 Å². The molecule has 0 aliphatic carbocycles. The number of rotatable bonds is 11. The molecule has 1 fully saturated rings. The van der Waals surface area contributed by atoms with Crippen LogP contribution in [0.3, 0.4) is 0 Å². The highest BCUT2D eigenvalue weighted by Gasteiger charge is 2.46. The average molecular weight is 544 g/mol. The number of carbonyl (C=O) groups excluding carboxylic acids is 2. The molecule has 1 atom stereocenters. The highest BCUT2D eigenvalue weighted by molar-refractivity contribution is 6.46. The number of benzene rings is 3. The van der Waals surface area contributed by atoms with Gasteiger partial charge in [-0.1, -0.05) is 44.2 Å². The zero-order valence-electron chi connectivity index (χ0n) is 23.7. The molecule has 1 N–H and O–H groups in total. The third-order valence-corrected chi connectivity index (χ3v) is 6.50. The van der Waals surface area contributed by atoms with Crippen molar-refractivity contribution in [1.82, 2.24) is 4.90 Å². The Labute approximate surface area is 236 Å². The third-order valence-electron chi connectivity index (χ3n) is 6.50.